The summed E-state index contributed by atoms with van der Waals surface area (Å²) < 4.78 is 0. The Bertz CT molecular complexity index is 128. The molecular weight excluding hydrogens is 176 g/mol. The third-order valence-corrected chi connectivity index (χ3v) is 2.55. The quantitative estimate of drug-likeness (QED) is 0.615. The molecule has 0 rings (SSSR count). The SMILES string of the molecule is CNCCN(CC(C)CCO)C(C)C. The van der Waals surface area contributed by atoms with Crippen molar-refractivity contribution in [2.45, 2.75) is 33.2 Å². The summed E-state index contributed by atoms with van der Waals surface area (Å²) in [5, 5.41) is 12.0. The van der Waals surface area contributed by atoms with E-state index in [4.69, 9.17) is 5.11 Å². The fourth-order valence-corrected chi connectivity index (χ4v) is 1.53. The summed E-state index contributed by atoms with van der Waals surface area (Å²) >= 11 is 0. The van der Waals surface area contributed by atoms with Crippen LogP contribution in [-0.4, -0.2) is 49.3 Å². The number of hydrogen-bond donors (Lipinski definition) is 2. The first-order chi connectivity index (χ1) is 6.61. The smallest absolute Gasteiger partial charge is 0.0434 e. The van der Waals surface area contributed by atoms with E-state index < -0.39 is 0 Å². The van der Waals surface area contributed by atoms with E-state index in [1.54, 1.807) is 0 Å². The summed E-state index contributed by atoms with van der Waals surface area (Å²) in [6, 6.07) is 0.587. The average molecular weight is 202 g/mol. The minimum atomic E-state index is 0.305. The van der Waals surface area contributed by atoms with E-state index in [1.165, 1.54) is 0 Å². The molecular formula is C11H26N2O. The van der Waals surface area contributed by atoms with Crippen molar-refractivity contribution in [2.75, 3.05) is 33.3 Å². The summed E-state index contributed by atoms with van der Waals surface area (Å²) in [5.74, 6) is 0.583. The molecule has 0 aliphatic carbocycles. The van der Waals surface area contributed by atoms with Gasteiger partial charge in [0.1, 0.15) is 0 Å². The summed E-state index contributed by atoms with van der Waals surface area (Å²) in [6.07, 6.45) is 0.906. The van der Waals surface area contributed by atoms with Crippen molar-refractivity contribution in [2.24, 2.45) is 5.92 Å². The molecule has 0 spiro atoms. The molecule has 0 aliphatic rings. The first kappa shape index (κ1) is 13.9. The monoisotopic (exact) mass is 202 g/mol. The number of nitrogens with one attached hydrogen (secondary N) is 1. The van der Waals surface area contributed by atoms with Crippen LogP contribution in [0.15, 0.2) is 0 Å². The van der Waals surface area contributed by atoms with Crippen molar-refractivity contribution in [3.63, 3.8) is 0 Å². The number of aliphatic hydroxyl groups excluding tert-OH is 1. The lowest BCUT2D eigenvalue weighted by atomic mass is 10.1. The molecule has 2 N–H and O–H groups in total. The van der Waals surface area contributed by atoms with Crippen molar-refractivity contribution in [3.05, 3.63) is 0 Å². The maximum atomic E-state index is 8.83. The summed E-state index contributed by atoms with van der Waals surface area (Å²) in [4.78, 5) is 2.46. The highest BCUT2D eigenvalue weighted by atomic mass is 16.3. The number of aliphatic hydroxyl groups is 1. The maximum absolute atomic E-state index is 8.83. The lowest BCUT2D eigenvalue weighted by Gasteiger charge is -2.29. The lowest BCUT2D eigenvalue weighted by molar-refractivity contribution is 0.173. The Labute approximate surface area is 88.5 Å². The van der Waals surface area contributed by atoms with E-state index in [-0.39, 0.29) is 0 Å². The Kier molecular flexibility index (Phi) is 8.14. The van der Waals surface area contributed by atoms with Crippen molar-refractivity contribution >= 4 is 0 Å². The Hall–Kier alpha value is -0.120. The molecule has 0 aliphatic heterocycles. The fourth-order valence-electron chi connectivity index (χ4n) is 1.53. The number of hydrogen-bond acceptors (Lipinski definition) is 3. The number of nitrogens with zero attached hydrogens (tertiary/aromatic N) is 1. The summed E-state index contributed by atoms with van der Waals surface area (Å²) in [5.41, 5.74) is 0. The lowest BCUT2D eigenvalue weighted by Crippen LogP contribution is -2.39. The zero-order valence-corrected chi connectivity index (χ0v) is 10.1. The van der Waals surface area contributed by atoms with Gasteiger partial charge >= 0.3 is 0 Å². The molecule has 86 valence electrons. The molecule has 14 heavy (non-hydrogen) atoms. The van der Waals surface area contributed by atoms with E-state index in [0.29, 0.717) is 18.6 Å². The van der Waals surface area contributed by atoms with Gasteiger partial charge in [-0.2, -0.15) is 0 Å². The van der Waals surface area contributed by atoms with Gasteiger partial charge in [0.05, 0.1) is 0 Å². The van der Waals surface area contributed by atoms with Crippen LogP contribution < -0.4 is 5.32 Å². The van der Waals surface area contributed by atoms with E-state index in [1.807, 2.05) is 7.05 Å². The van der Waals surface area contributed by atoms with Gasteiger partial charge in [-0.1, -0.05) is 6.92 Å². The molecule has 3 nitrogen and oxygen atoms in total. The van der Waals surface area contributed by atoms with Gasteiger partial charge in [0.2, 0.25) is 0 Å². The molecule has 0 aromatic rings. The highest BCUT2D eigenvalue weighted by Crippen LogP contribution is 2.07. The Morgan fingerprint density at radius 3 is 2.36 bits per heavy atom. The molecule has 0 aromatic carbocycles. The zero-order chi connectivity index (χ0) is 11.0. The minimum absolute atomic E-state index is 0.305. The van der Waals surface area contributed by atoms with Crippen molar-refractivity contribution in [3.8, 4) is 0 Å². The second-order valence-corrected chi connectivity index (χ2v) is 4.31. The molecule has 0 fully saturated rings. The molecule has 0 bridgehead atoms. The normalized spacial score (nSPS) is 13.9. The van der Waals surface area contributed by atoms with Crippen molar-refractivity contribution in [1.82, 2.24) is 10.2 Å². The first-order valence-corrected chi connectivity index (χ1v) is 5.61. The van der Waals surface area contributed by atoms with Gasteiger partial charge in [-0.15, -0.1) is 0 Å². The molecule has 0 radical (unpaired) electrons. The molecule has 0 saturated carbocycles. The topological polar surface area (TPSA) is 35.5 Å². The summed E-state index contributed by atoms with van der Waals surface area (Å²) in [7, 11) is 1.98. The highest BCUT2D eigenvalue weighted by molar-refractivity contribution is 4.67. The van der Waals surface area contributed by atoms with Crippen LogP contribution >= 0.6 is 0 Å². The predicted molar refractivity (Wildman–Crippen MR) is 61.5 cm³/mol. The zero-order valence-electron chi connectivity index (χ0n) is 10.1. The van der Waals surface area contributed by atoms with Gasteiger partial charge in [-0.25, -0.2) is 0 Å². The maximum Gasteiger partial charge on any atom is 0.0434 e. The van der Waals surface area contributed by atoms with Crippen LogP contribution in [0.5, 0.6) is 0 Å². The Balaban J connectivity index is 3.82. The molecule has 0 amide bonds. The standard InChI is InChI=1S/C11H26N2O/c1-10(2)13(7-6-12-4)9-11(3)5-8-14/h10-12,14H,5-9H2,1-4H3. The molecule has 0 saturated heterocycles. The predicted octanol–water partition coefficient (Wildman–Crippen LogP) is 0.935. The number of likely N-dealkylation sites (N-methyl/N-ethyl adjacent to an activating group) is 1. The second-order valence-electron chi connectivity index (χ2n) is 4.31. The Morgan fingerprint density at radius 2 is 1.93 bits per heavy atom. The molecule has 1 atom stereocenters. The third-order valence-electron chi connectivity index (χ3n) is 2.55. The van der Waals surface area contributed by atoms with Crippen LogP contribution in [0.3, 0.4) is 0 Å². The second kappa shape index (κ2) is 8.21. The Morgan fingerprint density at radius 1 is 1.29 bits per heavy atom. The van der Waals surface area contributed by atoms with Gasteiger partial charge < -0.3 is 10.4 Å². The van der Waals surface area contributed by atoms with Gasteiger partial charge in [0, 0.05) is 32.3 Å². The highest BCUT2D eigenvalue weighted by Gasteiger charge is 2.12. The summed E-state index contributed by atoms with van der Waals surface area (Å²) in [6.45, 7) is 10.2. The van der Waals surface area contributed by atoms with Gasteiger partial charge in [-0.05, 0) is 33.2 Å². The molecule has 0 heterocycles. The number of rotatable bonds is 8. The third kappa shape index (κ3) is 6.35. The van der Waals surface area contributed by atoms with Gasteiger partial charge in [0.15, 0.2) is 0 Å². The van der Waals surface area contributed by atoms with Crippen molar-refractivity contribution in [1.29, 1.82) is 0 Å². The largest absolute Gasteiger partial charge is 0.396 e. The van der Waals surface area contributed by atoms with Crippen LogP contribution in [0.4, 0.5) is 0 Å². The first-order valence-electron chi connectivity index (χ1n) is 5.61. The van der Waals surface area contributed by atoms with E-state index in [2.05, 4.69) is 31.0 Å². The van der Waals surface area contributed by atoms with E-state index in [9.17, 15) is 0 Å². The van der Waals surface area contributed by atoms with Gasteiger partial charge in [0.25, 0.3) is 0 Å². The molecule has 0 aromatic heterocycles. The van der Waals surface area contributed by atoms with Crippen LogP contribution in [-0.2, 0) is 0 Å². The van der Waals surface area contributed by atoms with Crippen LogP contribution in [0.1, 0.15) is 27.2 Å². The van der Waals surface area contributed by atoms with Crippen molar-refractivity contribution < 1.29 is 5.11 Å². The molecule has 3 heteroatoms. The fraction of sp³-hybridized carbons (Fsp3) is 1.00. The molecule has 1 unspecified atom stereocenters. The van der Waals surface area contributed by atoms with E-state index in [0.717, 1.165) is 26.1 Å². The van der Waals surface area contributed by atoms with Crippen LogP contribution in [0, 0.1) is 5.92 Å². The van der Waals surface area contributed by atoms with E-state index >= 15 is 0 Å². The van der Waals surface area contributed by atoms with Crippen LogP contribution in [0.2, 0.25) is 0 Å². The van der Waals surface area contributed by atoms with Gasteiger partial charge in [-0.3, -0.25) is 4.90 Å². The minimum Gasteiger partial charge on any atom is -0.396 e. The average Bonchev–Trinajstić information content (AvgIpc) is 2.12. The van der Waals surface area contributed by atoms with Crippen LogP contribution in [0.25, 0.3) is 0 Å².